The molecule has 0 aromatic heterocycles. The summed E-state index contributed by atoms with van der Waals surface area (Å²) in [4.78, 5) is 0. The quantitative estimate of drug-likeness (QED) is 0.260. The van der Waals surface area contributed by atoms with E-state index in [1.54, 1.807) is 12.1 Å². The third-order valence-electron chi connectivity index (χ3n) is 5.38. The fraction of sp³-hybridized carbons (Fsp3) is 0.0769. The second kappa shape index (κ2) is 8.98. The van der Waals surface area contributed by atoms with Crippen molar-refractivity contribution in [3.05, 3.63) is 125 Å². The molecule has 0 aliphatic heterocycles. The summed E-state index contributed by atoms with van der Waals surface area (Å²) < 4.78 is 42.4. The lowest BCUT2D eigenvalue weighted by molar-refractivity contribution is -0.138. The fourth-order valence-corrected chi connectivity index (χ4v) is 8.61. The summed E-state index contributed by atoms with van der Waals surface area (Å²) in [7, 11) is -2.40. The molecule has 4 aromatic rings. The molecule has 0 saturated carbocycles. The van der Waals surface area contributed by atoms with Crippen LogP contribution in [0.2, 0.25) is 0 Å². The van der Waals surface area contributed by atoms with Crippen LogP contribution < -0.4 is 15.9 Å². The SMILES string of the molecule is FC(F)(F)c1cc(Br)ccc1C[P+](c1ccccc1)(c1ccccc1)c1ccccc1. The van der Waals surface area contributed by atoms with Crippen molar-refractivity contribution in [3.63, 3.8) is 0 Å². The number of halogens is 4. The van der Waals surface area contributed by atoms with Gasteiger partial charge in [-0.05, 0) is 48.5 Å². The van der Waals surface area contributed by atoms with Gasteiger partial charge in [0.05, 0.1) is 11.7 Å². The zero-order valence-corrected chi connectivity index (χ0v) is 19.0. The number of benzene rings is 4. The predicted octanol–water partition coefficient (Wildman–Crippen LogP) is 6.96. The van der Waals surface area contributed by atoms with E-state index in [0.717, 1.165) is 15.9 Å². The highest BCUT2D eigenvalue weighted by Crippen LogP contribution is 2.59. The average molecular weight is 500 g/mol. The summed E-state index contributed by atoms with van der Waals surface area (Å²) in [5, 5.41) is 3.18. The Bertz CT molecular complexity index is 1050. The third kappa shape index (κ3) is 4.46. The normalized spacial score (nSPS) is 12.0. The molecule has 0 aliphatic carbocycles. The fourth-order valence-electron chi connectivity index (χ4n) is 3.97. The van der Waals surface area contributed by atoms with Gasteiger partial charge in [-0.3, -0.25) is 0 Å². The molecule has 0 atom stereocenters. The molecule has 4 rings (SSSR count). The number of rotatable bonds is 5. The van der Waals surface area contributed by atoms with Crippen LogP contribution in [0.5, 0.6) is 0 Å². The molecule has 0 amide bonds. The smallest absolute Gasteiger partial charge is 0.166 e. The second-order valence-electron chi connectivity index (χ2n) is 7.27. The zero-order valence-electron chi connectivity index (χ0n) is 16.6. The van der Waals surface area contributed by atoms with Gasteiger partial charge in [-0.15, -0.1) is 0 Å². The van der Waals surface area contributed by atoms with Crippen LogP contribution in [-0.2, 0) is 12.3 Å². The first-order chi connectivity index (χ1) is 14.9. The predicted molar refractivity (Wildman–Crippen MR) is 128 cm³/mol. The largest absolute Gasteiger partial charge is 0.416 e. The van der Waals surface area contributed by atoms with Crippen LogP contribution in [0.3, 0.4) is 0 Å². The zero-order chi connectivity index (χ0) is 21.9. The second-order valence-corrected chi connectivity index (χ2v) is 11.7. The first kappa shape index (κ1) is 21.8. The van der Waals surface area contributed by atoms with E-state index in [2.05, 4.69) is 15.9 Å². The Kier molecular flexibility index (Phi) is 6.31. The van der Waals surface area contributed by atoms with E-state index in [9.17, 15) is 13.2 Å². The number of hydrogen-bond acceptors (Lipinski definition) is 0. The minimum absolute atomic E-state index is 0.285. The van der Waals surface area contributed by atoms with Crippen molar-refractivity contribution < 1.29 is 13.2 Å². The van der Waals surface area contributed by atoms with Gasteiger partial charge in [0.1, 0.15) is 23.2 Å². The lowest BCUT2D eigenvalue weighted by atomic mass is 10.1. The Labute approximate surface area is 189 Å². The maximum absolute atomic E-state index is 14.0. The van der Waals surface area contributed by atoms with Gasteiger partial charge in [0.15, 0.2) is 0 Å². The molecule has 0 aliphatic rings. The van der Waals surface area contributed by atoms with Crippen LogP contribution in [0.25, 0.3) is 0 Å². The molecule has 0 bridgehead atoms. The van der Waals surface area contributed by atoms with Gasteiger partial charge >= 0.3 is 6.18 Å². The first-order valence-corrected chi connectivity index (χ1v) is 12.6. The minimum atomic E-state index is -4.43. The summed E-state index contributed by atoms with van der Waals surface area (Å²) in [5.74, 6) is 0. The lowest BCUT2D eigenvalue weighted by Crippen LogP contribution is -2.33. The molecule has 0 heterocycles. The Morgan fingerprint density at radius 3 is 1.42 bits per heavy atom. The molecule has 0 unspecified atom stereocenters. The van der Waals surface area contributed by atoms with Gasteiger partial charge in [0.2, 0.25) is 0 Å². The summed E-state index contributed by atoms with van der Waals surface area (Å²) in [6.07, 6.45) is -4.15. The molecule has 156 valence electrons. The molecular weight excluding hydrogens is 480 g/mol. The van der Waals surface area contributed by atoms with Gasteiger partial charge in [-0.25, -0.2) is 0 Å². The Morgan fingerprint density at radius 2 is 1.03 bits per heavy atom. The molecule has 31 heavy (non-hydrogen) atoms. The van der Waals surface area contributed by atoms with Gasteiger partial charge in [0, 0.05) is 10.0 Å². The standard InChI is InChI=1S/C26H20BrF3P/c27-21-17-16-20(25(18-21)26(28,29)30)19-31(22-10-4-1-5-11-22,23-12-6-2-7-13-23)24-14-8-3-9-15-24/h1-18H,19H2/q+1. The van der Waals surface area contributed by atoms with Gasteiger partial charge in [-0.2, -0.15) is 13.2 Å². The van der Waals surface area contributed by atoms with E-state index in [1.165, 1.54) is 6.07 Å². The molecule has 0 N–H and O–H groups in total. The van der Waals surface area contributed by atoms with E-state index in [0.29, 0.717) is 10.0 Å². The van der Waals surface area contributed by atoms with E-state index >= 15 is 0 Å². The molecule has 0 spiro atoms. The van der Waals surface area contributed by atoms with Crippen molar-refractivity contribution in [1.82, 2.24) is 0 Å². The van der Waals surface area contributed by atoms with Gasteiger partial charge in [-0.1, -0.05) is 76.6 Å². The maximum atomic E-state index is 14.0. The van der Waals surface area contributed by atoms with Crippen molar-refractivity contribution in [3.8, 4) is 0 Å². The van der Waals surface area contributed by atoms with Crippen LogP contribution >= 0.6 is 23.2 Å². The summed E-state index contributed by atoms with van der Waals surface area (Å²) >= 11 is 3.21. The molecule has 0 nitrogen and oxygen atoms in total. The maximum Gasteiger partial charge on any atom is 0.416 e. The van der Waals surface area contributed by atoms with Crippen molar-refractivity contribution >= 4 is 39.1 Å². The molecule has 4 aromatic carbocycles. The highest BCUT2D eigenvalue weighted by molar-refractivity contribution is 9.10. The molecule has 0 saturated heterocycles. The topological polar surface area (TPSA) is 0 Å². The molecule has 0 radical (unpaired) electrons. The highest BCUT2D eigenvalue weighted by Gasteiger charge is 2.47. The van der Waals surface area contributed by atoms with Crippen LogP contribution in [-0.4, -0.2) is 0 Å². The van der Waals surface area contributed by atoms with Gasteiger partial charge in [0.25, 0.3) is 0 Å². The van der Waals surface area contributed by atoms with Crippen LogP contribution in [0.4, 0.5) is 13.2 Å². The van der Waals surface area contributed by atoms with E-state index in [1.807, 2.05) is 91.0 Å². The van der Waals surface area contributed by atoms with Crippen molar-refractivity contribution in [1.29, 1.82) is 0 Å². The van der Waals surface area contributed by atoms with E-state index in [-0.39, 0.29) is 6.16 Å². The highest BCUT2D eigenvalue weighted by atomic mass is 79.9. The molecule has 0 fully saturated rings. The van der Waals surface area contributed by atoms with Crippen LogP contribution in [0, 0.1) is 0 Å². The van der Waals surface area contributed by atoms with Crippen LogP contribution in [0.1, 0.15) is 11.1 Å². The summed E-state index contributed by atoms with van der Waals surface area (Å²) in [6, 6.07) is 34.3. The number of hydrogen-bond donors (Lipinski definition) is 0. The average Bonchev–Trinajstić information content (AvgIpc) is 2.79. The number of alkyl halides is 3. The third-order valence-corrected chi connectivity index (χ3v) is 10.2. The van der Waals surface area contributed by atoms with Crippen molar-refractivity contribution in [2.45, 2.75) is 12.3 Å². The first-order valence-electron chi connectivity index (χ1n) is 9.82. The van der Waals surface area contributed by atoms with Crippen molar-refractivity contribution in [2.24, 2.45) is 0 Å². The molecular formula is C26H20BrF3P+. The minimum Gasteiger partial charge on any atom is -0.166 e. The van der Waals surface area contributed by atoms with Gasteiger partial charge < -0.3 is 0 Å². The lowest BCUT2D eigenvalue weighted by Gasteiger charge is -2.29. The summed E-state index contributed by atoms with van der Waals surface area (Å²) in [6.45, 7) is 0. The summed E-state index contributed by atoms with van der Waals surface area (Å²) in [5.41, 5.74) is -0.283. The van der Waals surface area contributed by atoms with Crippen LogP contribution in [0.15, 0.2) is 114 Å². The van der Waals surface area contributed by atoms with E-state index < -0.39 is 19.0 Å². The van der Waals surface area contributed by atoms with E-state index in [4.69, 9.17) is 0 Å². The monoisotopic (exact) mass is 499 g/mol. The van der Waals surface area contributed by atoms with Crippen molar-refractivity contribution in [2.75, 3.05) is 0 Å². The Hall–Kier alpha value is -2.42. The molecule has 5 heteroatoms. The Balaban J connectivity index is 2.03. The Morgan fingerprint density at radius 1 is 0.613 bits per heavy atom.